The fourth-order valence-corrected chi connectivity index (χ4v) is 14.0. The Morgan fingerprint density at radius 2 is 0.729 bits per heavy atom. The number of aliphatic hydroxyl groups excluding tert-OH is 1. The summed E-state index contributed by atoms with van der Waals surface area (Å²) in [7, 11) is -6.49. The van der Waals surface area contributed by atoms with E-state index in [2.05, 4.69) is 55.9 Å². The molecule has 0 aliphatic heterocycles. The van der Waals surface area contributed by atoms with Gasteiger partial charge in [-0.05, 0) is 41.2 Å². The van der Waals surface area contributed by atoms with Crippen molar-refractivity contribution in [2.75, 3.05) is 13.1 Å². The molecule has 19 heteroatoms. The van der Waals surface area contributed by atoms with Crippen molar-refractivity contribution in [3.8, 4) is 0 Å². The van der Waals surface area contributed by atoms with Crippen molar-refractivity contribution < 1.29 is 42.7 Å². The summed E-state index contributed by atoms with van der Waals surface area (Å²) in [4.78, 5) is 63.5. The predicted octanol–water partition coefficient (Wildman–Crippen LogP) is 16.1. The van der Waals surface area contributed by atoms with Gasteiger partial charge in [-0.15, -0.1) is 15.9 Å². The summed E-state index contributed by atoms with van der Waals surface area (Å²) in [6.07, 6.45) is 49.1. The fourth-order valence-electron chi connectivity index (χ4n) is 10.5. The first-order valence-electron chi connectivity index (χ1n) is 37.2. The zero-order chi connectivity index (χ0) is 66.2. The van der Waals surface area contributed by atoms with Crippen molar-refractivity contribution in [1.82, 2.24) is 21.3 Å². The minimum Gasteiger partial charge on any atom is -0.462 e. The third kappa shape index (κ3) is 63.7. The summed E-state index contributed by atoms with van der Waals surface area (Å²) in [5, 5.41) is 21.6. The molecule has 0 bridgehead atoms. The van der Waals surface area contributed by atoms with Crippen molar-refractivity contribution in [3.05, 3.63) is 0 Å². The first kappa shape index (κ1) is 77.6. The Labute approximate surface area is 536 Å². The van der Waals surface area contributed by atoms with Crippen LogP contribution in [0.5, 0.6) is 0 Å². The number of hydrogen-bond acceptors (Lipinski definition) is 9. The lowest BCUT2D eigenvalue weighted by Gasteiger charge is -2.21. The van der Waals surface area contributed by atoms with Crippen LogP contribution in [-0.2, 0) is 37.6 Å². The van der Waals surface area contributed by atoms with E-state index in [1.807, 2.05) is 0 Å². The van der Waals surface area contributed by atoms with Crippen molar-refractivity contribution in [1.29, 1.82) is 5.23 Å². The predicted molar refractivity (Wildman–Crippen MR) is 369 cm³/mol. The van der Waals surface area contributed by atoms with E-state index in [0.717, 1.165) is 131 Å². The highest BCUT2D eigenvalue weighted by Crippen LogP contribution is 2.19. The van der Waals surface area contributed by atoms with Crippen LogP contribution in [0.1, 0.15) is 343 Å². The molecule has 0 aromatic rings. The van der Waals surface area contributed by atoms with Crippen LogP contribution in [0, 0.1) is 0 Å². The summed E-state index contributed by atoms with van der Waals surface area (Å²) >= 11 is 0. The third-order valence-corrected chi connectivity index (χ3v) is 20.9. The SMILES string of the molecule is [2H]P([B][3H])[Si](=O)C[C@@H](CNC(=O)C[C@@H](CCCCCCC)OC(=O)CCCCCCCCCCC)NC(=O)CCCCCCCCCCCCC.[2H]P([B][3H])[Si](=O)C[C@@H](CNC(=O)C[C@H](O)CCCCCCC)NC(=O)CCCCCCCCCCCCC. The summed E-state index contributed by atoms with van der Waals surface area (Å²) < 4.78 is 61.3. The number of aliphatic hydroxyl groups is 1. The van der Waals surface area contributed by atoms with Gasteiger partial charge in [0.15, 0.2) is 0 Å². The summed E-state index contributed by atoms with van der Waals surface area (Å²) in [6, 6.07) is -0.933. The van der Waals surface area contributed by atoms with E-state index >= 15 is 0 Å². The van der Waals surface area contributed by atoms with Gasteiger partial charge in [0, 0.05) is 56.5 Å². The molecule has 0 heterocycles. The maximum absolute atomic E-state index is 13.1. The molecule has 0 aliphatic rings. The number of rotatable bonds is 65. The van der Waals surface area contributed by atoms with Gasteiger partial charge in [-0.3, -0.25) is 24.0 Å². The number of carbonyl (C=O) groups excluding carboxylic acids is 5. The van der Waals surface area contributed by atoms with E-state index in [0.29, 0.717) is 32.1 Å². The Morgan fingerprint density at radius 1 is 0.435 bits per heavy atom. The van der Waals surface area contributed by atoms with Crippen LogP contribution in [-0.4, -0.2) is 109 Å². The summed E-state index contributed by atoms with van der Waals surface area (Å²) in [5.41, 5.74) is 0. The van der Waals surface area contributed by atoms with E-state index in [4.69, 9.17) is 9.97 Å². The van der Waals surface area contributed by atoms with Crippen molar-refractivity contribution >= 4 is 77.3 Å². The number of carbonyl (C=O) groups is 5. The lowest BCUT2D eigenvalue weighted by Crippen LogP contribution is -2.45. The largest absolute Gasteiger partial charge is 0.462 e. The Bertz CT molecular complexity index is 1740. The van der Waals surface area contributed by atoms with Crippen LogP contribution in [0.2, 0.25) is 12.1 Å². The second-order valence-corrected chi connectivity index (χ2v) is 31.8. The van der Waals surface area contributed by atoms with Gasteiger partial charge in [0.25, 0.3) is 16.7 Å². The Hall–Kier alpha value is -1.67. The zero-order valence-electron chi connectivity index (χ0n) is 59.3. The number of ether oxygens (including phenoxy) is 1. The minimum absolute atomic E-state index is 0.00796. The second kappa shape index (κ2) is 66.7. The molecule has 6 atom stereocenters. The molecule has 13 nitrogen and oxygen atoms in total. The van der Waals surface area contributed by atoms with Crippen LogP contribution in [0.4, 0.5) is 0 Å². The molecule has 0 saturated carbocycles. The topological polar surface area (TPSA) is 197 Å². The first-order chi connectivity index (χ1) is 43.1. The number of nitrogens with one attached hydrogen (secondary N) is 4. The molecular weight excluding hydrogens is 1130 g/mol. The fraction of sp³-hybridized carbons (Fsp3) is 0.924. The van der Waals surface area contributed by atoms with Gasteiger partial charge in [0.2, 0.25) is 23.6 Å². The molecule has 2 radical (unpaired) electrons. The van der Waals surface area contributed by atoms with Crippen LogP contribution < -0.4 is 21.3 Å². The Morgan fingerprint density at radius 3 is 1.07 bits per heavy atom. The van der Waals surface area contributed by atoms with Crippen molar-refractivity contribution in [2.24, 2.45) is 0 Å². The van der Waals surface area contributed by atoms with E-state index in [1.165, 1.54) is 148 Å². The van der Waals surface area contributed by atoms with E-state index < -0.39 is 56.9 Å². The highest BCUT2D eigenvalue weighted by molar-refractivity contribution is 7.92. The molecule has 0 saturated heterocycles. The second-order valence-electron chi connectivity index (χ2n) is 24.3. The van der Waals surface area contributed by atoms with Crippen LogP contribution in [0.25, 0.3) is 0 Å². The van der Waals surface area contributed by atoms with Gasteiger partial charge in [0.1, 0.15) is 21.2 Å². The van der Waals surface area contributed by atoms with Crippen molar-refractivity contribution in [2.45, 2.75) is 379 Å². The van der Waals surface area contributed by atoms with Gasteiger partial charge in [-0.25, -0.2) is 0 Å². The van der Waals surface area contributed by atoms with Crippen LogP contribution in [0.15, 0.2) is 0 Å². The Kier molecular flexibility index (Phi) is 60.9. The zero-order valence-corrected chi connectivity index (χ0v) is 59.1. The van der Waals surface area contributed by atoms with E-state index in [1.54, 1.807) is 0 Å². The number of esters is 1. The quantitative estimate of drug-likeness (QED) is 0.0170. The van der Waals surface area contributed by atoms with E-state index in [-0.39, 0.29) is 67.6 Å². The van der Waals surface area contributed by atoms with Crippen LogP contribution >= 0.6 is 15.9 Å². The monoisotopic (exact) mass is 1270 g/mol. The molecule has 0 aliphatic carbocycles. The standard InChI is InChI=1S/C39H77BN2O5PSi.C27H55BN2O4PSi/c1-4-7-10-13-15-17-18-20-21-24-27-30-37(43)42-35(34-49(46)48-40)33-41-38(44)32-36(29-26-23-12-9-6-3)47-39(45)31-28-25-22-19-16-14-11-8-5-2;1-3-5-7-9-10-11-12-13-14-16-18-20-26(32)30-24(23-36(34)35-28)22-29-27(33)21-25(31)19-17-15-8-6-4-2/h35-36,40,48H,4-34H2,1-3H3,(H,41,44)(H,42,43);24-25,28,31,35H,3-23H2,1-2H3,(H,29,33)(H,30,32)/t35-,36-,48?;24-,25-,35?/m11/s1/i40T,48D;28T,35D. The van der Waals surface area contributed by atoms with Crippen molar-refractivity contribution in [3.63, 3.8) is 0 Å². The maximum atomic E-state index is 13.1. The van der Waals surface area contributed by atoms with Gasteiger partial charge in [-0.2, -0.15) is 0 Å². The van der Waals surface area contributed by atoms with Gasteiger partial charge in [-0.1, -0.05) is 272 Å². The normalized spacial score (nSPS) is 13.9. The highest BCUT2D eigenvalue weighted by Gasteiger charge is 2.23. The molecule has 0 aromatic heterocycles. The molecule has 0 fully saturated rings. The number of amides is 4. The summed E-state index contributed by atoms with van der Waals surface area (Å²) in [6.45, 7) is 11.2. The maximum Gasteiger partial charge on any atom is 0.306 e. The third-order valence-electron chi connectivity index (χ3n) is 15.9. The molecule has 0 aromatic carbocycles. The molecule has 2 unspecified atom stereocenters. The highest BCUT2D eigenvalue weighted by atomic mass is 31.3. The minimum atomic E-state index is -2.43. The number of unbranched alkanes of at least 4 members (excludes halogenated alkanes) is 36. The average molecular weight is 1270 g/mol. The van der Waals surface area contributed by atoms with Gasteiger partial charge in [0.05, 0.1) is 21.5 Å². The Balaban J connectivity index is 0. The summed E-state index contributed by atoms with van der Waals surface area (Å²) in [5.74, 6) is -1.08. The van der Waals surface area contributed by atoms with Gasteiger partial charge >= 0.3 is 5.97 Å². The van der Waals surface area contributed by atoms with E-state index in [9.17, 15) is 38.0 Å². The molecule has 494 valence electrons. The molecular formula is C66H132B2N4O9P2Si2. The molecule has 85 heavy (non-hydrogen) atoms. The smallest absolute Gasteiger partial charge is 0.306 e. The molecule has 4 amide bonds. The first-order valence-corrected chi connectivity index (χ1v) is 42.0. The van der Waals surface area contributed by atoms with Crippen LogP contribution in [0.3, 0.4) is 0 Å². The number of hydrogen-bond donors (Lipinski definition) is 5. The molecule has 5 N–H and O–H groups in total. The molecule has 0 spiro atoms. The molecule has 0 rings (SSSR count). The van der Waals surface area contributed by atoms with Gasteiger partial charge < -0.3 is 40.0 Å². The lowest BCUT2D eigenvalue weighted by molar-refractivity contribution is -0.151. The lowest BCUT2D eigenvalue weighted by atomic mass is 10.0. The average Bonchev–Trinajstić information content (AvgIpc) is 3.54.